The van der Waals surface area contributed by atoms with Crippen LogP contribution in [-0.4, -0.2) is 25.4 Å². The monoisotopic (exact) mass is 202 g/mol. The van der Waals surface area contributed by atoms with Crippen LogP contribution in [0.2, 0.25) is 5.02 Å². The van der Waals surface area contributed by atoms with Crippen LogP contribution in [-0.2, 0) is 4.74 Å². The van der Waals surface area contributed by atoms with Gasteiger partial charge in [-0.15, -0.1) is 0 Å². The van der Waals surface area contributed by atoms with E-state index in [2.05, 4.69) is 0 Å². The number of ether oxygens (including phenoxy) is 2. The van der Waals surface area contributed by atoms with Crippen LogP contribution < -0.4 is 4.74 Å². The third kappa shape index (κ3) is 3.13. The molecule has 0 bridgehead atoms. The topological polar surface area (TPSA) is 38.7 Å². The van der Waals surface area contributed by atoms with Crippen LogP contribution in [0.25, 0.3) is 0 Å². The average Bonchev–Trinajstić information content (AvgIpc) is 2.11. The van der Waals surface area contributed by atoms with Crippen LogP contribution in [0, 0.1) is 0 Å². The van der Waals surface area contributed by atoms with E-state index < -0.39 is 0 Å². The number of phenols is 1. The highest BCUT2D eigenvalue weighted by molar-refractivity contribution is 6.32. The van der Waals surface area contributed by atoms with E-state index in [0.717, 1.165) is 0 Å². The molecular formula is C9H11ClO3. The standard InChI is InChI=1S/C9H11ClO3/c1-12-4-5-13-9-6-7(11)2-3-8(9)10/h2-3,6,11H,4-5H2,1H3. The average molecular weight is 203 g/mol. The summed E-state index contributed by atoms with van der Waals surface area (Å²) in [5, 5.41) is 9.60. The third-order valence-electron chi connectivity index (χ3n) is 1.46. The van der Waals surface area contributed by atoms with Crippen LogP contribution in [0.3, 0.4) is 0 Å². The van der Waals surface area contributed by atoms with Gasteiger partial charge in [-0.05, 0) is 12.1 Å². The van der Waals surface area contributed by atoms with Gasteiger partial charge in [-0.2, -0.15) is 0 Å². The smallest absolute Gasteiger partial charge is 0.141 e. The van der Waals surface area contributed by atoms with Gasteiger partial charge in [0.1, 0.15) is 18.1 Å². The largest absolute Gasteiger partial charge is 0.508 e. The Bertz CT molecular complexity index is 276. The molecule has 1 aromatic rings. The number of rotatable bonds is 4. The van der Waals surface area contributed by atoms with Gasteiger partial charge in [0.25, 0.3) is 0 Å². The summed E-state index contributed by atoms with van der Waals surface area (Å²) in [5.41, 5.74) is 0. The highest BCUT2D eigenvalue weighted by Crippen LogP contribution is 2.27. The second-order valence-electron chi connectivity index (χ2n) is 2.46. The maximum atomic E-state index is 9.12. The molecule has 0 radical (unpaired) electrons. The quantitative estimate of drug-likeness (QED) is 0.760. The van der Waals surface area contributed by atoms with E-state index >= 15 is 0 Å². The van der Waals surface area contributed by atoms with E-state index in [4.69, 9.17) is 26.2 Å². The number of halogens is 1. The van der Waals surface area contributed by atoms with Crippen LogP contribution in [0.15, 0.2) is 18.2 Å². The van der Waals surface area contributed by atoms with Crippen molar-refractivity contribution >= 4 is 11.6 Å². The molecule has 13 heavy (non-hydrogen) atoms. The van der Waals surface area contributed by atoms with Gasteiger partial charge in [-0.1, -0.05) is 11.6 Å². The Balaban J connectivity index is 2.59. The first-order valence-electron chi connectivity index (χ1n) is 3.84. The normalized spacial score (nSPS) is 10.0. The first-order chi connectivity index (χ1) is 6.24. The molecule has 4 heteroatoms. The lowest BCUT2D eigenvalue weighted by Gasteiger charge is -2.07. The van der Waals surface area contributed by atoms with Crippen molar-refractivity contribution in [1.29, 1.82) is 0 Å². The van der Waals surface area contributed by atoms with E-state index in [0.29, 0.717) is 24.0 Å². The molecule has 0 aromatic heterocycles. The minimum Gasteiger partial charge on any atom is -0.508 e. The Morgan fingerprint density at radius 1 is 1.38 bits per heavy atom. The Morgan fingerprint density at radius 3 is 2.85 bits per heavy atom. The van der Waals surface area contributed by atoms with Crippen molar-refractivity contribution < 1.29 is 14.6 Å². The second-order valence-corrected chi connectivity index (χ2v) is 2.86. The van der Waals surface area contributed by atoms with Crippen molar-refractivity contribution in [3.63, 3.8) is 0 Å². The molecule has 0 amide bonds. The van der Waals surface area contributed by atoms with Gasteiger partial charge in [0.05, 0.1) is 11.6 Å². The molecule has 0 heterocycles. The molecule has 1 rings (SSSR count). The molecule has 0 saturated heterocycles. The maximum absolute atomic E-state index is 9.12. The summed E-state index contributed by atoms with van der Waals surface area (Å²) in [4.78, 5) is 0. The molecule has 0 aliphatic rings. The highest BCUT2D eigenvalue weighted by Gasteiger charge is 2.01. The molecule has 0 aliphatic heterocycles. The van der Waals surface area contributed by atoms with E-state index in [1.54, 1.807) is 13.2 Å². The molecule has 0 saturated carbocycles. The second kappa shape index (κ2) is 4.94. The molecule has 72 valence electrons. The lowest BCUT2D eigenvalue weighted by atomic mass is 10.3. The summed E-state index contributed by atoms with van der Waals surface area (Å²) < 4.78 is 10.0. The zero-order valence-electron chi connectivity index (χ0n) is 7.29. The Morgan fingerprint density at radius 2 is 2.15 bits per heavy atom. The van der Waals surface area contributed by atoms with E-state index in [-0.39, 0.29) is 5.75 Å². The number of phenolic OH excluding ortho intramolecular Hbond substituents is 1. The van der Waals surface area contributed by atoms with Crippen molar-refractivity contribution in [2.45, 2.75) is 0 Å². The molecule has 3 nitrogen and oxygen atoms in total. The summed E-state index contributed by atoms with van der Waals surface area (Å²) >= 11 is 5.80. The molecule has 0 atom stereocenters. The van der Waals surface area contributed by atoms with Crippen molar-refractivity contribution in [2.75, 3.05) is 20.3 Å². The molecule has 1 N–H and O–H groups in total. The third-order valence-corrected chi connectivity index (χ3v) is 1.77. The molecule has 0 unspecified atom stereocenters. The maximum Gasteiger partial charge on any atom is 0.141 e. The summed E-state index contributed by atoms with van der Waals surface area (Å²) in [6, 6.07) is 4.56. The summed E-state index contributed by atoms with van der Waals surface area (Å²) in [6.07, 6.45) is 0. The number of hydrogen-bond acceptors (Lipinski definition) is 3. The Labute approximate surface area is 81.9 Å². The van der Waals surface area contributed by atoms with Gasteiger partial charge in [-0.3, -0.25) is 0 Å². The minimum atomic E-state index is 0.136. The Kier molecular flexibility index (Phi) is 3.86. The number of benzene rings is 1. The highest BCUT2D eigenvalue weighted by atomic mass is 35.5. The van der Waals surface area contributed by atoms with Crippen LogP contribution in [0.4, 0.5) is 0 Å². The molecular weight excluding hydrogens is 192 g/mol. The summed E-state index contributed by atoms with van der Waals surface area (Å²) in [5.74, 6) is 0.607. The zero-order valence-corrected chi connectivity index (χ0v) is 8.04. The van der Waals surface area contributed by atoms with Gasteiger partial charge in [0.2, 0.25) is 0 Å². The zero-order chi connectivity index (χ0) is 9.68. The first-order valence-corrected chi connectivity index (χ1v) is 4.22. The molecule has 1 aromatic carbocycles. The number of aromatic hydroxyl groups is 1. The number of hydrogen-bond donors (Lipinski definition) is 1. The van der Waals surface area contributed by atoms with Crippen molar-refractivity contribution in [2.24, 2.45) is 0 Å². The number of methoxy groups -OCH3 is 1. The molecule has 0 aliphatic carbocycles. The van der Waals surface area contributed by atoms with Gasteiger partial charge in [-0.25, -0.2) is 0 Å². The predicted octanol–water partition coefficient (Wildman–Crippen LogP) is 2.07. The lowest BCUT2D eigenvalue weighted by Crippen LogP contribution is -2.04. The van der Waals surface area contributed by atoms with Crippen molar-refractivity contribution in [3.8, 4) is 11.5 Å². The van der Waals surface area contributed by atoms with Crippen LogP contribution in [0.1, 0.15) is 0 Å². The van der Waals surface area contributed by atoms with E-state index in [9.17, 15) is 0 Å². The van der Waals surface area contributed by atoms with E-state index in [1.165, 1.54) is 12.1 Å². The first kappa shape index (κ1) is 10.2. The van der Waals surface area contributed by atoms with Crippen molar-refractivity contribution in [1.82, 2.24) is 0 Å². The molecule has 0 spiro atoms. The fourth-order valence-corrected chi connectivity index (χ4v) is 1.01. The van der Waals surface area contributed by atoms with Crippen LogP contribution >= 0.6 is 11.6 Å². The van der Waals surface area contributed by atoms with Gasteiger partial charge in [0.15, 0.2) is 0 Å². The minimum absolute atomic E-state index is 0.136. The molecule has 0 fully saturated rings. The van der Waals surface area contributed by atoms with Gasteiger partial charge >= 0.3 is 0 Å². The summed E-state index contributed by atoms with van der Waals surface area (Å²) in [6.45, 7) is 0.908. The van der Waals surface area contributed by atoms with E-state index in [1.807, 2.05) is 0 Å². The predicted molar refractivity (Wildman–Crippen MR) is 50.5 cm³/mol. The fourth-order valence-electron chi connectivity index (χ4n) is 0.838. The van der Waals surface area contributed by atoms with Crippen molar-refractivity contribution in [3.05, 3.63) is 23.2 Å². The lowest BCUT2D eigenvalue weighted by molar-refractivity contribution is 0.146. The SMILES string of the molecule is COCCOc1cc(O)ccc1Cl. The Hall–Kier alpha value is -0.930. The summed E-state index contributed by atoms with van der Waals surface area (Å²) in [7, 11) is 1.59. The van der Waals surface area contributed by atoms with Gasteiger partial charge < -0.3 is 14.6 Å². The van der Waals surface area contributed by atoms with Crippen LogP contribution in [0.5, 0.6) is 11.5 Å². The fraction of sp³-hybridized carbons (Fsp3) is 0.333. The van der Waals surface area contributed by atoms with Gasteiger partial charge in [0, 0.05) is 13.2 Å².